The summed E-state index contributed by atoms with van der Waals surface area (Å²) in [6.07, 6.45) is 4.61. The topological polar surface area (TPSA) is 50.9 Å². The first-order chi connectivity index (χ1) is 5.75. The second-order valence-electron chi connectivity index (χ2n) is 3.43. The Morgan fingerprint density at radius 2 is 2.50 bits per heavy atom. The molecule has 0 bridgehead atoms. The van der Waals surface area contributed by atoms with Crippen molar-refractivity contribution in [3.8, 4) is 0 Å². The molecule has 1 N–H and O–H groups in total. The van der Waals surface area contributed by atoms with E-state index >= 15 is 0 Å². The number of rotatable bonds is 2. The van der Waals surface area contributed by atoms with Gasteiger partial charge in [-0.15, -0.1) is 0 Å². The minimum Gasteiger partial charge on any atom is -0.393 e. The molecular formula is C8H13N3O. The van der Waals surface area contributed by atoms with E-state index in [-0.39, 0.29) is 6.10 Å². The van der Waals surface area contributed by atoms with E-state index in [1.165, 1.54) is 0 Å². The fraction of sp³-hybridized carbons (Fsp3) is 0.750. The number of aryl methyl sites for hydroxylation is 1. The molecule has 1 heterocycles. The lowest BCUT2D eigenvalue weighted by atomic mass is 9.79. The molecule has 1 fully saturated rings. The van der Waals surface area contributed by atoms with Gasteiger partial charge in [0, 0.05) is 7.05 Å². The van der Waals surface area contributed by atoms with Crippen LogP contribution in [0.3, 0.4) is 0 Å². The van der Waals surface area contributed by atoms with Crippen LogP contribution in [-0.2, 0) is 13.5 Å². The molecule has 12 heavy (non-hydrogen) atoms. The molecule has 0 aromatic carbocycles. The number of hydrogen-bond acceptors (Lipinski definition) is 3. The highest BCUT2D eigenvalue weighted by atomic mass is 16.3. The average molecular weight is 167 g/mol. The van der Waals surface area contributed by atoms with Crippen LogP contribution in [0.2, 0.25) is 0 Å². The molecule has 0 amide bonds. The van der Waals surface area contributed by atoms with E-state index in [0.29, 0.717) is 5.92 Å². The molecule has 2 rings (SSSR count). The van der Waals surface area contributed by atoms with Gasteiger partial charge in [-0.3, -0.25) is 0 Å². The molecule has 2 unspecified atom stereocenters. The number of nitrogens with zero attached hydrogens (tertiary/aromatic N) is 3. The Morgan fingerprint density at radius 3 is 2.92 bits per heavy atom. The Bertz CT molecular complexity index is 271. The van der Waals surface area contributed by atoms with Crippen molar-refractivity contribution in [3.05, 3.63) is 11.9 Å². The third kappa shape index (κ3) is 1.34. The zero-order valence-corrected chi connectivity index (χ0v) is 7.14. The van der Waals surface area contributed by atoms with Gasteiger partial charge in [0.2, 0.25) is 0 Å². The highest BCUT2D eigenvalue weighted by Gasteiger charge is 2.29. The van der Waals surface area contributed by atoms with Crippen molar-refractivity contribution in [3.63, 3.8) is 0 Å². The van der Waals surface area contributed by atoms with Crippen molar-refractivity contribution in [1.29, 1.82) is 0 Å². The van der Waals surface area contributed by atoms with Crippen molar-refractivity contribution in [2.75, 3.05) is 0 Å². The van der Waals surface area contributed by atoms with E-state index < -0.39 is 0 Å². The Labute approximate surface area is 71.2 Å². The lowest BCUT2D eigenvalue weighted by Crippen LogP contribution is -2.32. The summed E-state index contributed by atoms with van der Waals surface area (Å²) in [7, 11) is 1.81. The Morgan fingerprint density at radius 1 is 1.67 bits per heavy atom. The first-order valence-corrected chi connectivity index (χ1v) is 4.29. The fourth-order valence-electron chi connectivity index (χ4n) is 1.54. The molecule has 1 aliphatic carbocycles. The largest absolute Gasteiger partial charge is 0.393 e. The first kappa shape index (κ1) is 7.73. The summed E-state index contributed by atoms with van der Waals surface area (Å²) in [6, 6.07) is 0. The van der Waals surface area contributed by atoms with Crippen LogP contribution < -0.4 is 0 Å². The summed E-state index contributed by atoms with van der Waals surface area (Å²) < 4.78 is 0. The number of aliphatic hydroxyl groups excluding tert-OH is 1. The molecule has 0 radical (unpaired) electrons. The number of hydrogen-bond donors (Lipinski definition) is 1. The maximum Gasteiger partial charge on any atom is 0.0830 e. The van der Waals surface area contributed by atoms with Gasteiger partial charge in [0.25, 0.3) is 0 Å². The maximum atomic E-state index is 9.32. The molecule has 0 spiro atoms. The van der Waals surface area contributed by atoms with Gasteiger partial charge in [-0.05, 0) is 25.2 Å². The van der Waals surface area contributed by atoms with E-state index in [1.54, 1.807) is 18.0 Å². The lowest BCUT2D eigenvalue weighted by Gasteiger charge is -2.31. The van der Waals surface area contributed by atoms with Crippen molar-refractivity contribution < 1.29 is 5.11 Å². The van der Waals surface area contributed by atoms with Gasteiger partial charge in [0.15, 0.2) is 0 Å². The van der Waals surface area contributed by atoms with Crippen LogP contribution in [0.25, 0.3) is 0 Å². The third-order valence-corrected chi connectivity index (χ3v) is 2.50. The van der Waals surface area contributed by atoms with E-state index in [1.807, 2.05) is 0 Å². The Balaban J connectivity index is 1.95. The van der Waals surface area contributed by atoms with Crippen molar-refractivity contribution in [1.82, 2.24) is 15.0 Å². The summed E-state index contributed by atoms with van der Waals surface area (Å²) in [5.41, 5.74) is 0.987. The SMILES string of the molecule is Cn1ncc(CC2CCC2O)n1. The summed E-state index contributed by atoms with van der Waals surface area (Å²) >= 11 is 0. The van der Waals surface area contributed by atoms with E-state index in [0.717, 1.165) is 25.0 Å². The second-order valence-corrected chi connectivity index (χ2v) is 3.43. The minimum absolute atomic E-state index is 0.105. The molecule has 4 nitrogen and oxygen atoms in total. The van der Waals surface area contributed by atoms with Gasteiger partial charge in [0.1, 0.15) is 0 Å². The fourth-order valence-corrected chi connectivity index (χ4v) is 1.54. The van der Waals surface area contributed by atoms with Crippen LogP contribution in [0.5, 0.6) is 0 Å². The molecule has 1 aromatic heterocycles. The van der Waals surface area contributed by atoms with Crippen LogP contribution in [0.1, 0.15) is 18.5 Å². The molecule has 1 aromatic rings. The lowest BCUT2D eigenvalue weighted by molar-refractivity contribution is 0.0238. The average Bonchev–Trinajstić information content (AvgIpc) is 2.44. The van der Waals surface area contributed by atoms with Crippen molar-refractivity contribution >= 4 is 0 Å². The molecule has 4 heteroatoms. The van der Waals surface area contributed by atoms with Crippen LogP contribution in [0.4, 0.5) is 0 Å². The molecule has 0 saturated heterocycles. The zero-order chi connectivity index (χ0) is 8.55. The van der Waals surface area contributed by atoms with Crippen molar-refractivity contribution in [2.24, 2.45) is 13.0 Å². The predicted octanol–water partition coefficient (Wildman–Crippen LogP) is 0.128. The normalized spacial score (nSPS) is 28.5. The number of aliphatic hydroxyl groups is 1. The van der Waals surface area contributed by atoms with Gasteiger partial charge < -0.3 is 5.11 Å². The van der Waals surface area contributed by atoms with Crippen LogP contribution in [0.15, 0.2) is 6.20 Å². The number of aromatic nitrogens is 3. The maximum absolute atomic E-state index is 9.32. The standard InChI is InChI=1S/C8H13N3O/c1-11-9-5-7(10-11)4-6-2-3-8(6)12/h5-6,8,12H,2-4H2,1H3. The minimum atomic E-state index is -0.105. The Kier molecular flexibility index (Phi) is 1.84. The molecule has 0 aliphatic heterocycles. The second kappa shape index (κ2) is 2.86. The van der Waals surface area contributed by atoms with E-state index in [4.69, 9.17) is 0 Å². The van der Waals surface area contributed by atoms with Gasteiger partial charge in [-0.2, -0.15) is 15.0 Å². The van der Waals surface area contributed by atoms with Gasteiger partial charge in [-0.1, -0.05) is 0 Å². The monoisotopic (exact) mass is 167 g/mol. The van der Waals surface area contributed by atoms with E-state index in [9.17, 15) is 5.11 Å². The van der Waals surface area contributed by atoms with Crippen LogP contribution >= 0.6 is 0 Å². The third-order valence-electron chi connectivity index (χ3n) is 2.50. The first-order valence-electron chi connectivity index (χ1n) is 4.29. The van der Waals surface area contributed by atoms with E-state index in [2.05, 4.69) is 10.2 Å². The van der Waals surface area contributed by atoms with Crippen LogP contribution in [-0.4, -0.2) is 26.2 Å². The summed E-state index contributed by atoms with van der Waals surface area (Å²) in [5, 5.41) is 17.5. The summed E-state index contributed by atoms with van der Waals surface area (Å²) in [6.45, 7) is 0. The highest BCUT2D eigenvalue weighted by molar-refractivity contribution is 4.97. The highest BCUT2D eigenvalue weighted by Crippen LogP contribution is 2.29. The molecule has 1 aliphatic rings. The van der Waals surface area contributed by atoms with Gasteiger partial charge >= 0.3 is 0 Å². The zero-order valence-electron chi connectivity index (χ0n) is 7.14. The van der Waals surface area contributed by atoms with Crippen LogP contribution in [0, 0.1) is 5.92 Å². The molecule has 66 valence electrons. The molecule has 1 saturated carbocycles. The van der Waals surface area contributed by atoms with Crippen molar-refractivity contribution in [2.45, 2.75) is 25.4 Å². The van der Waals surface area contributed by atoms with Gasteiger partial charge in [0.05, 0.1) is 18.0 Å². The molecule has 2 atom stereocenters. The van der Waals surface area contributed by atoms with Gasteiger partial charge in [-0.25, -0.2) is 0 Å². The molecular weight excluding hydrogens is 154 g/mol. The summed E-state index contributed by atoms with van der Waals surface area (Å²) in [5.74, 6) is 0.418. The smallest absolute Gasteiger partial charge is 0.0830 e. The Hall–Kier alpha value is -0.900. The quantitative estimate of drug-likeness (QED) is 0.681. The predicted molar refractivity (Wildman–Crippen MR) is 43.4 cm³/mol. The summed E-state index contributed by atoms with van der Waals surface area (Å²) in [4.78, 5) is 1.56.